The number of H-pyrrole nitrogens is 1. The number of nitrogens with one attached hydrogen (secondary N) is 1. The molecule has 112 valence electrons. The topological polar surface area (TPSA) is 56.3 Å². The Bertz CT molecular complexity index is 682. The van der Waals surface area contributed by atoms with Gasteiger partial charge in [-0.25, -0.2) is 4.39 Å². The molecule has 0 atom stereocenters. The normalized spacial score (nSPS) is 10.6. The third-order valence-electron chi connectivity index (χ3n) is 3.40. The van der Waals surface area contributed by atoms with Crippen LogP contribution in [0.1, 0.15) is 25.5 Å². The summed E-state index contributed by atoms with van der Waals surface area (Å²) in [5.74, 6) is -0.525. The highest BCUT2D eigenvalue weighted by Gasteiger charge is 2.17. The summed E-state index contributed by atoms with van der Waals surface area (Å²) >= 11 is 0. The number of aromatic nitrogens is 1. The number of hydrogen-bond donors (Lipinski definition) is 2. The first kappa shape index (κ1) is 15.1. The van der Waals surface area contributed by atoms with Gasteiger partial charge in [0.1, 0.15) is 17.3 Å². The van der Waals surface area contributed by atoms with Gasteiger partial charge in [0.15, 0.2) is 0 Å². The number of hydrogen-bond acceptors (Lipinski definition) is 3. The molecule has 0 aliphatic heterocycles. The Morgan fingerprint density at radius 1 is 1.33 bits per heavy atom. The number of unbranched alkanes of at least 4 members (excludes halogenated alkanes) is 1. The average molecular weight is 290 g/mol. The van der Waals surface area contributed by atoms with Crippen molar-refractivity contribution >= 4 is 11.4 Å². The molecule has 4 nitrogen and oxygen atoms in total. The van der Waals surface area contributed by atoms with Crippen LogP contribution >= 0.6 is 0 Å². The molecular weight excluding hydrogens is 271 g/mol. The van der Waals surface area contributed by atoms with E-state index in [1.54, 1.807) is 30.1 Å². The molecule has 0 saturated carbocycles. The van der Waals surface area contributed by atoms with Gasteiger partial charge in [-0.1, -0.05) is 25.5 Å². The minimum Gasteiger partial charge on any atom is -0.505 e. The van der Waals surface area contributed by atoms with Crippen molar-refractivity contribution in [2.45, 2.75) is 26.2 Å². The molecule has 0 unspecified atom stereocenters. The molecular formula is C16H19FN2O2. The van der Waals surface area contributed by atoms with Gasteiger partial charge in [-0.05, 0) is 25.0 Å². The van der Waals surface area contributed by atoms with Gasteiger partial charge in [0, 0.05) is 18.8 Å². The molecule has 0 amide bonds. The van der Waals surface area contributed by atoms with Crippen molar-refractivity contribution in [3.05, 3.63) is 52.2 Å². The summed E-state index contributed by atoms with van der Waals surface area (Å²) in [6.45, 7) is 2.04. The molecule has 0 saturated heterocycles. The Balaban J connectivity index is 2.51. The Morgan fingerprint density at radius 2 is 2.05 bits per heavy atom. The smallest absolute Gasteiger partial charge is 0.251 e. The second kappa shape index (κ2) is 6.43. The number of nitrogens with zero attached hydrogens (tertiary/aromatic N) is 1. The number of pyridine rings is 1. The van der Waals surface area contributed by atoms with E-state index >= 15 is 0 Å². The van der Waals surface area contributed by atoms with Crippen molar-refractivity contribution in [3.8, 4) is 5.75 Å². The second-order valence-corrected chi connectivity index (χ2v) is 4.96. The highest BCUT2D eigenvalue weighted by molar-refractivity contribution is 5.70. The Kier molecular flexibility index (Phi) is 4.62. The van der Waals surface area contributed by atoms with Crippen LogP contribution in [-0.2, 0) is 6.42 Å². The monoisotopic (exact) mass is 290 g/mol. The van der Waals surface area contributed by atoms with Gasteiger partial charge in [-0.2, -0.15) is 0 Å². The number of anilines is 2. The predicted molar refractivity (Wildman–Crippen MR) is 81.8 cm³/mol. The van der Waals surface area contributed by atoms with E-state index in [0.29, 0.717) is 23.5 Å². The summed E-state index contributed by atoms with van der Waals surface area (Å²) in [7, 11) is 1.67. The summed E-state index contributed by atoms with van der Waals surface area (Å²) in [6, 6.07) is 7.44. The van der Waals surface area contributed by atoms with E-state index in [-0.39, 0.29) is 17.1 Å². The molecule has 1 aromatic carbocycles. The minimum absolute atomic E-state index is 0.143. The maximum absolute atomic E-state index is 13.9. The zero-order chi connectivity index (χ0) is 15.4. The van der Waals surface area contributed by atoms with E-state index in [1.165, 1.54) is 6.07 Å². The molecule has 0 aliphatic carbocycles. The first-order chi connectivity index (χ1) is 10.0. The molecule has 21 heavy (non-hydrogen) atoms. The summed E-state index contributed by atoms with van der Waals surface area (Å²) in [5, 5.41) is 10.1. The molecule has 1 aromatic heterocycles. The van der Waals surface area contributed by atoms with Crippen LogP contribution in [-0.4, -0.2) is 17.1 Å². The van der Waals surface area contributed by atoms with Crippen LogP contribution < -0.4 is 10.5 Å². The van der Waals surface area contributed by atoms with Gasteiger partial charge in [0.25, 0.3) is 5.56 Å². The van der Waals surface area contributed by atoms with Crippen molar-refractivity contribution in [2.24, 2.45) is 0 Å². The summed E-state index contributed by atoms with van der Waals surface area (Å²) in [4.78, 5) is 15.8. The fourth-order valence-electron chi connectivity index (χ4n) is 2.34. The number of benzene rings is 1. The van der Waals surface area contributed by atoms with E-state index in [9.17, 15) is 14.3 Å². The maximum Gasteiger partial charge on any atom is 0.251 e. The molecule has 0 bridgehead atoms. The fourth-order valence-corrected chi connectivity index (χ4v) is 2.34. The molecule has 0 spiro atoms. The lowest BCUT2D eigenvalue weighted by Crippen LogP contribution is -2.18. The molecule has 5 heteroatoms. The highest BCUT2D eigenvalue weighted by atomic mass is 19.1. The zero-order valence-corrected chi connectivity index (χ0v) is 12.2. The number of aromatic hydroxyl groups is 1. The average Bonchev–Trinajstić information content (AvgIpc) is 2.44. The molecule has 1 heterocycles. The first-order valence-corrected chi connectivity index (χ1v) is 6.98. The summed E-state index contributed by atoms with van der Waals surface area (Å²) in [6.07, 6.45) is 2.45. The lowest BCUT2D eigenvalue weighted by Gasteiger charge is -2.23. The van der Waals surface area contributed by atoms with Crippen molar-refractivity contribution in [1.82, 2.24) is 4.98 Å². The molecule has 0 radical (unpaired) electrons. The van der Waals surface area contributed by atoms with Crippen LogP contribution in [0.2, 0.25) is 0 Å². The maximum atomic E-state index is 13.9. The van der Waals surface area contributed by atoms with E-state index in [4.69, 9.17) is 0 Å². The second-order valence-electron chi connectivity index (χ2n) is 4.96. The summed E-state index contributed by atoms with van der Waals surface area (Å²) < 4.78 is 13.9. The van der Waals surface area contributed by atoms with Crippen molar-refractivity contribution in [1.29, 1.82) is 0 Å². The zero-order valence-electron chi connectivity index (χ0n) is 12.2. The van der Waals surface area contributed by atoms with Crippen molar-refractivity contribution in [2.75, 3.05) is 11.9 Å². The molecule has 2 aromatic rings. The van der Waals surface area contributed by atoms with Crippen LogP contribution in [0.25, 0.3) is 0 Å². The van der Waals surface area contributed by atoms with Crippen LogP contribution in [0.3, 0.4) is 0 Å². The SMILES string of the molecule is CCCCc1[nH]c(=O)cc(O)c1N(C)c1ccccc1F. The predicted octanol–water partition coefficient (Wildman–Crippen LogP) is 3.33. The number of para-hydroxylation sites is 1. The number of aryl methyl sites for hydroxylation is 1. The summed E-state index contributed by atoms with van der Waals surface area (Å²) in [5.41, 5.74) is 1.04. The van der Waals surface area contributed by atoms with E-state index in [2.05, 4.69) is 4.98 Å². The number of aromatic amines is 1. The highest BCUT2D eigenvalue weighted by Crippen LogP contribution is 2.34. The Morgan fingerprint density at radius 3 is 2.71 bits per heavy atom. The quantitative estimate of drug-likeness (QED) is 0.888. The van der Waals surface area contributed by atoms with Crippen molar-refractivity contribution in [3.63, 3.8) is 0 Å². The van der Waals surface area contributed by atoms with Crippen molar-refractivity contribution < 1.29 is 9.50 Å². The van der Waals surface area contributed by atoms with Crippen LogP contribution in [0.15, 0.2) is 35.1 Å². The van der Waals surface area contributed by atoms with Crippen LogP contribution in [0, 0.1) is 5.82 Å². The lowest BCUT2D eigenvalue weighted by atomic mass is 10.1. The van der Waals surface area contributed by atoms with E-state index in [1.807, 2.05) is 6.92 Å². The standard InChI is InChI=1S/C16H19FN2O2/c1-3-4-8-12-16(14(20)10-15(21)18-12)19(2)13-9-6-5-7-11(13)17/h5-7,9-10H,3-4,8H2,1-2H3,(H2,18,20,21). The molecule has 0 aliphatic rings. The largest absolute Gasteiger partial charge is 0.505 e. The van der Waals surface area contributed by atoms with E-state index < -0.39 is 0 Å². The Labute approximate surface area is 122 Å². The minimum atomic E-state index is -0.382. The van der Waals surface area contributed by atoms with Gasteiger partial charge in [-0.15, -0.1) is 0 Å². The molecule has 2 N–H and O–H groups in total. The van der Waals surface area contributed by atoms with Gasteiger partial charge in [-0.3, -0.25) is 4.79 Å². The number of rotatable bonds is 5. The molecule has 0 fully saturated rings. The van der Waals surface area contributed by atoms with Gasteiger partial charge in [0.05, 0.1) is 5.69 Å². The third kappa shape index (κ3) is 3.24. The van der Waals surface area contributed by atoms with E-state index in [0.717, 1.165) is 18.9 Å². The van der Waals surface area contributed by atoms with Gasteiger partial charge < -0.3 is 15.0 Å². The van der Waals surface area contributed by atoms with Crippen LogP contribution in [0.4, 0.5) is 15.8 Å². The first-order valence-electron chi connectivity index (χ1n) is 6.98. The third-order valence-corrected chi connectivity index (χ3v) is 3.40. The van der Waals surface area contributed by atoms with Crippen LogP contribution in [0.5, 0.6) is 5.75 Å². The van der Waals surface area contributed by atoms with Gasteiger partial charge >= 0.3 is 0 Å². The fraction of sp³-hybridized carbons (Fsp3) is 0.312. The molecule has 2 rings (SSSR count). The number of halogens is 1. The Hall–Kier alpha value is -2.30. The van der Waals surface area contributed by atoms with Gasteiger partial charge in [0.2, 0.25) is 0 Å². The lowest BCUT2D eigenvalue weighted by molar-refractivity contribution is 0.473.